The summed E-state index contributed by atoms with van der Waals surface area (Å²) < 4.78 is -1.74. The van der Waals surface area contributed by atoms with E-state index in [9.17, 15) is 10.1 Å². The van der Waals surface area contributed by atoms with Gasteiger partial charge in [0, 0.05) is 5.56 Å². The van der Waals surface area contributed by atoms with Crippen molar-refractivity contribution in [3.63, 3.8) is 0 Å². The first-order valence-electron chi connectivity index (χ1n) is 3.73. The second kappa shape index (κ2) is 5.10. The number of alkyl halides is 5. The van der Waals surface area contributed by atoms with Crippen LogP contribution in [-0.4, -0.2) is 9.91 Å². The number of nitrogens with zero attached hydrogens (tertiary/aromatic N) is 2. The van der Waals surface area contributed by atoms with E-state index < -0.39 is 19.4 Å². The Kier molecular flexibility index (Phi) is 4.49. The van der Waals surface area contributed by atoms with Gasteiger partial charge in [-0.3, -0.25) is 0 Å². The van der Waals surface area contributed by atoms with Gasteiger partial charge in [-0.15, -0.1) is 0 Å². The van der Waals surface area contributed by atoms with Crippen molar-refractivity contribution in [1.82, 2.24) is 4.98 Å². The maximum atomic E-state index is 10.6. The Morgan fingerprint density at radius 3 is 2.31 bits per heavy atom. The van der Waals surface area contributed by atoms with Gasteiger partial charge in [0.25, 0.3) is 0 Å². The molecular weight excluding hydrogens is 321 g/mol. The van der Waals surface area contributed by atoms with Crippen LogP contribution in [-0.2, 0) is 3.79 Å². The zero-order valence-electron chi connectivity index (χ0n) is 7.33. The molecule has 0 amide bonds. The van der Waals surface area contributed by atoms with E-state index >= 15 is 0 Å². The Morgan fingerprint density at radius 2 is 1.94 bits per heavy atom. The summed E-state index contributed by atoms with van der Waals surface area (Å²) >= 11 is 27.9. The molecule has 0 saturated carbocycles. The minimum absolute atomic E-state index is 0.0165. The molecule has 0 aliphatic carbocycles. The van der Waals surface area contributed by atoms with Crippen LogP contribution in [0.2, 0.25) is 0 Å². The van der Waals surface area contributed by atoms with Crippen LogP contribution in [0.1, 0.15) is 16.0 Å². The number of halogens is 5. The average Bonchev–Trinajstić information content (AvgIpc) is 2.15. The van der Waals surface area contributed by atoms with Crippen LogP contribution in [0.4, 0.5) is 5.82 Å². The fourth-order valence-corrected chi connectivity index (χ4v) is 1.57. The highest BCUT2D eigenvalue weighted by molar-refractivity contribution is 6.66. The van der Waals surface area contributed by atoms with Gasteiger partial charge in [0.1, 0.15) is 11.0 Å². The third kappa shape index (κ3) is 3.25. The molecule has 0 aliphatic heterocycles. The topological polar surface area (TPSA) is 56.0 Å². The van der Waals surface area contributed by atoms with E-state index in [4.69, 9.17) is 58.0 Å². The fraction of sp³-hybridized carbons (Fsp3) is 0.286. The molecular formula is C7H3Cl5N2O2. The van der Waals surface area contributed by atoms with Crippen LogP contribution in [0.25, 0.3) is 0 Å². The molecule has 0 bridgehead atoms. The van der Waals surface area contributed by atoms with Gasteiger partial charge in [0.05, 0.1) is 5.56 Å². The number of aromatic nitrogens is 1. The number of hydrogen-bond acceptors (Lipinski definition) is 3. The molecule has 0 fully saturated rings. The van der Waals surface area contributed by atoms with Crippen molar-refractivity contribution >= 4 is 63.8 Å². The Morgan fingerprint density at radius 1 is 1.38 bits per heavy atom. The van der Waals surface area contributed by atoms with E-state index in [0.29, 0.717) is 0 Å². The molecule has 0 spiro atoms. The van der Waals surface area contributed by atoms with Crippen LogP contribution in [0.15, 0.2) is 12.3 Å². The first-order chi connectivity index (χ1) is 7.23. The van der Waals surface area contributed by atoms with Crippen LogP contribution < -0.4 is 0 Å². The van der Waals surface area contributed by atoms with Crippen LogP contribution in [0.3, 0.4) is 0 Å². The van der Waals surface area contributed by atoms with E-state index in [1.807, 2.05) is 0 Å². The smallest absolute Gasteiger partial charge is 0.358 e. The van der Waals surface area contributed by atoms with Gasteiger partial charge in [0.15, 0.2) is 0 Å². The lowest BCUT2D eigenvalue weighted by Crippen LogP contribution is -2.05. The van der Waals surface area contributed by atoms with Gasteiger partial charge in [-0.1, -0.05) is 58.0 Å². The number of nitro groups is 1. The van der Waals surface area contributed by atoms with E-state index in [0.717, 1.165) is 6.20 Å². The van der Waals surface area contributed by atoms with Crippen molar-refractivity contribution in [1.29, 1.82) is 0 Å². The lowest BCUT2D eigenvalue weighted by molar-refractivity contribution is -0.390. The monoisotopic (exact) mass is 322 g/mol. The van der Waals surface area contributed by atoms with Gasteiger partial charge >= 0.3 is 5.82 Å². The highest BCUT2D eigenvalue weighted by Crippen LogP contribution is 2.41. The van der Waals surface area contributed by atoms with Crippen LogP contribution in [0, 0.1) is 10.1 Å². The van der Waals surface area contributed by atoms with Crippen molar-refractivity contribution in [3.05, 3.63) is 33.5 Å². The standard InChI is InChI=1S/C7H3Cl5N2O2/c8-5(9)4-1-3(7(10,11)12)2-13-6(4)14(15)16/h1-2,5H. The molecule has 1 aromatic heterocycles. The summed E-state index contributed by atoms with van der Waals surface area (Å²) in [7, 11) is 0. The molecule has 1 rings (SSSR count). The molecule has 4 nitrogen and oxygen atoms in total. The van der Waals surface area contributed by atoms with Crippen molar-refractivity contribution in [2.45, 2.75) is 8.63 Å². The van der Waals surface area contributed by atoms with E-state index in [2.05, 4.69) is 4.98 Å². The Hall–Kier alpha value is 0.000000000000000111. The van der Waals surface area contributed by atoms with Gasteiger partial charge in [0.2, 0.25) is 3.79 Å². The minimum atomic E-state index is -1.74. The molecule has 0 N–H and O–H groups in total. The summed E-state index contributed by atoms with van der Waals surface area (Å²) in [6.45, 7) is 0. The number of pyridine rings is 1. The predicted octanol–water partition coefficient (Wildman–Crippen LogP) is 4.29. The van der Waals surface area contributed by atoms with Crippen molar-refractivity contribution in [3.8, 4) is 0 Å². The molecule has 0 radical (unpaired) electrons. The Bertz CT molecular complexity index is 418. The largest absolute Gasteiger partial charge is 0.369 e. The number of rotatable bonds is 2. The van der Waals surface area contributed by atoms with Crippen molar-refractivity contribution < 1.29 is 4.92 Å². The van der Waals surface area contributed by atoms with Gasteiger partial charge in [-0.2, -0.15) is 0 Å². The fourth-order valence-electron chi connectivity index (χ4n) is 0.943. The van der Waals surface area contributed by atoms with Crippen LogP contribution >= 0.6 is 58.0 Å². The molecule has 9 heteroatoms. The molecule has 0 atom stereocenters. The van der Waals surface area contributed by atoms with Gasteiger partial charge < -0.3 is 10.1 Å². The molecule has 0 saturated heterocycles. The lowest BCUT2D eigenvalue weighted by atomic mass is 10.2. The second-order valence-electron chi connectivity index (χ2n) is 2.69. The zero-order valence-corrected chi connectivity index (χ0v) is 11.1. The summed E-state index contributed by atoms with van der Waals surface area (Å²) in [5, 5.41) is 10.6. The first kappa shape index (κ1) is 14.1. The molecule has 1 heterocycles. The first-order valence-corrected chi connectivity index (χ1v) is 5.74. The Labute approximate surface area is 116 Å². The minimum Gasteiger partial charge on any atom is -0.358 e. The van der Waals surface area contributed by atoms with E-state index in [1.165, 1.54) is 6.07 Å². The highest BCUT2D eigenvalue weighted by Gasteiger charge is 2.29. The molecule has 16 heavy (non-hydrogen) atoms. The molecule has 88 valence electrons. The van der Waals surface area contributed by atoms with E-state index in [1.54, 1.807) is 0 Å². The quantitative estimate of drug-likeness (QED) is 0.463. The van der Waals surface area contributed by atoms with Crippen molar-refractivity contribution in [2.75, 3.05) is 0 Å². The average molecular weight is 324 g/mol. The van der Waals surface area contributed by atoms with E-state index in [-0.39, 0.29) is 11.1 Å². The summed E-state index contributed by atoms with van der Waals surface area (Å²) in [5.41, 5.74) is 0.140. The SMILES string of the molecule is O=[N+]([O-])c1ncc(C(Cl)(Cl)Cl)cc1C(Cl)Cl. The third-order valence-corrected chi connectivity index (χ3v) is 2.76. The molecule has 0 unspecified atom stereocenters. The predicted molar refractivity (Wildman–Crippen MR) is 64.6 cm³/mol. The van der Waals surface area contributed by atoms with Gasteiger partial charge in [-0.25, -0.2) is 0 Å². The van der Waals surface area contributed by atoms with Gasteiger partial charge in [-0.05, 0) is 16.0 Å². The molecule has 0 aliphatic rings. The summed E-state index contributed by atoms with van der Waals surface area (Å²) in [6.07, 6.45) is 1.09. The second-order valence-corrected chi connectivity index (χ2v) is 6.07. The molecule has 0 aromatic carbocycles. The van der Waals surface area contributed by atoms with Crippen molar-refractivity contribution in [2.24, 2.45) is 0 Å². The molecule has 1 aromatic rings. The number of hydrogen-bond donors (Lipinski definition) is 0. The summed E-state index contributed by atoms with van der Waals surface area (Å²) in [6, 6.07) is 1.24. The highest BCUT2D eigenvalue weighted by atomic mass is 35.6. The summed E-state index contributed by atoms with van der Waals surface area (Å²) in [4.78, 5) is 12.3. The zero-order chi connectivity index (χ0) is 12.5. The van der Waals surface area contributed by atoms with Crippen LogP contribution in [0.5, 0.6) is 0 Å². The third-order valence-electron chi connectivity index (χ3n) is 1.63. The lowest BCUT2D eigenvalue weighted by Gasteiger charge is -2.11. The normalized spacial score (nSPS) is 11.9. The maximum Gasteiger partial charge on any atom is 0.369 e. The Balaban J connectivity index is 3.34. The summed E-state index contributed by atoms with van der Waals surface area (Å²) in [5.74, 6) is -0.465. The maximum absolute atomic E-state index is 10.6.